The first kappa shape index (κ1) is 12.7. The Labute approximate surface area is 108 Å². The Kier molecular flexibility index (Phi) is 3.40. The van der Waals surface area contributed by atoms with Gasteiger partial charge in [-0.15, -0.1) is 12.3 Å². The lowest BCUT2D eigenvalue weighted by Crippen LogP contribution is -2.50. The predicted molar refractivity (Wildman–Crippen MR) is 75.5 cm³/mol. The summed E-state index contributed by atoms with van der Waals surface area (Å²) < 4.78 is 0. The van der Waals surface area contributed by atoms with E-state index in [-0.39, 0.29) is 0 Å². The number of rotatable bonds is 3. The van der Waals surface area contributed by atoms with Gasteiger partial charge in [-0.2, -0.15) is 0 Å². The molecule has 0 radical (unpaired) electrons. The van der Waals surface area contributed by atoms with Crippen LogP contribution in [0.3, 0.4) is 0 Å². The van der Waals surface area contributed by atoms with E-state index in [0.29, 0.717) is 6.42 Å². The highest BCUT2D eigenvalue weighted by molar-refractivity contribution is 5.94. The normalized spacial score (nSPS) is 17.6. The van der Waals surface area contributed by atoms with Gasteiger partial charge in [-0.25, -0.2) is 0 Å². The zero-order valence-corrected chi connectivity index (χ0v) is 11.0. The Morgan fingerprint density at radius 2 is 2.28 bits per heavy atom. The number of hydrogen-bond donors (Lipinski definition) is 2. The van der Waals surface area contributed by atoms with E-state index in [9.17, 15) is 0 Å². The molecule has 3 N–H and O–H groups in total. The molecule has 1 aliphatic heterocycles. The maximum Gasteiger partial charge on any atom is 0.122 e. The van der Waals surface area contributed by atoms with Crippen LogP contribution in [0.15, 0.2) is 23.2 Å². The van der Waals surface area contributed by atoms with Gasteiger partial charge in [0.15, 0.2) is 0 Å². The molecule has 0 spiro atoms. The van der Waals surface area contributed by atoms with Gasteiger partial charge in [0.05, 0.1) is 6.54 Å². The summed E-state index contributed by atoms with van der Waals surface area (Å²) in [5.41, 5.74) is 9.35. The number of terminal acetylenes is 1. The zero-order chi connectivity index (χ0) is 13.2. The van der Waals surface area contributed by atoms with E-state index in [0.717, 1.165) is 24.5 Å². The molecule has 0 saturated heterocycles. The van der Waals surface area contributed by atoms with Crippen molar-refractivity contribution in [1.29, 1.82) is 0 Å². The van der Waals surface area contributed by atoms with E-state index in [1.807, 2.05) is 12.1 Å². The first-order chi connectivity index (χ1) is 8.59. The van der Waals surface area contributed by atoms with Crippen molar-refractivity contribution < 1.29 is 0 Å². The molecular formula is C15H19N3. The van der Waals surface area contributed by atoms with Crippen LogP contribution in [0.2, 0.25) is 0 Å². The molecule has 0 aliphatic carbocycles. The Balaban J connectivity index is 2.54. The van der Waals surface area contributed by atoms with E-state index < -0.39 is 5.54 Å². The second kappa shape index (κ2) is 4.83. The predicted octanol–water partition coefficient (Wildman–Crippen LogP) is 1.48. The van der Waals surface area contributed by atoms with Crippen LogP contribution in [0.25, 0.3) is 0 Å². The van der Waals surface area contributed by atoms with Crippen LogP contribution >= 0.6 is 0 Å². The molecule has 18 heavy (non-hydrogen) atoms. The largest absolute Gasteiger partial charge is 0.370 e. The van der Waals surface area contributed by atoms with Crippen LogP contribution in [0.1, 0.15) is 23.1 Å². The molecule has 94 valence electrons. The highest BCUT2D eigenvalue weighted by atomic mass is 15.1. The van der Waals surface area contributed by atoms with Crippen LogP contribution in [0.4, 0.5) is 0 Å². The fourth-order valence-electron chi connectivity index (χ4n) is 2.40. The summed E-state index contributed by atoms with van der Waals surface area (Å²) in [5, 5.41) is 3.26. The maximum absolute atomic E-state index is 6.57. The van der Waals surface area contributed by atoms with Crippen molar-refractivity contribution in [3.8, 4) is 12.3 Å². The quantitative estimate of drug-likeness (QED) is 0.788. The van der Waals surface area contributed by atoms with Crippen molar-refractivity contribution in [2.45, 2.75) is 25.8 Å². The van der Waals surface area contributed by atoms with Crippen molar-refractivity contribution in [3.63, 3.8) is 0 Å². The van der Waals surface area contributed by atoms with Gasteiger partial charge in [0.2, 0.25) is 0 Å². The third-order valence-corrected chi connectivity index (χ3v) is 3.56. The number of aliphatic imine (C=N–C) groups is 1. The smallest absolute Gasteiger partial charge is 0.122 e. The van der Waals surface area contributed by atoms with Crippen LogP contribution in [-0.4, -0.2) is 18.9 Å². The van der Waals surface area contributed by atoms with Crippen molar-refractivity contribution >= 4 is 5.84 Å². The minimum Gasteiger partial charge on any atom is -0.370 e. The SMILES string of the molecule is C#CCC(N)(C1=NCCN1)c1cccc(C)c1C. The van der Waals surface area contributed by atoms with Crippen molar-refractivity contribution in [1.82, 2.24) is 5.32 Å². The first-order valence-electron chi connectivity index (χ1n) is 6.17. The Morgan fingerprint density at radius 3 is 2.89 bits per heavy atom. The molecule has 0 aromatic heterocycles. The molecule has 3 nitrogen and oxygen atoms in total. The Hall–Kier alpha value is -1.79. The fraction of sp³-hybridized carbons (Fsp3) is 0.400. The van der Waals surface area contributed by atoms with Crippen molar-refractivity contribution in [3.05, 3.63) is 34.9 Å². The molecule has 1 aromatic rings. The monoisotopic (exact) mass is 241 g/mol. The van der Waals surface area contributed by atoms with Gasteiger partial charge in [0.25, 0.3) is 0 Å². The Morgan fingerprint density at radius 1 is 1.50 bits per heavy atom. The summed E-state index contributed by atoms with van der Waals surface area (Å²) in [4.78, 5) is 4.46. The van der Waals surface area contributed by atoms with Crippen LogP contribution in [0, 0.1) is 26.2 Å². The number of nitrogens with two attached hydrogens (primary N) is 1. The average molecular weight is 241 g/mol. The standard InChI is InChI=1S/C15H19N3/c1-4-8-15(16,14-17-9-10-18-14)13-7-5-6-11(2)12(13)3/h1,5-7H,8-10,16H2,2-3H3,(H,17,18). The Bertz CT molecular complexity index is 525. The second-order valence-electron chi connectivity index (χ2n) is 4.76. The van der Waals surface area contributed by atoms with E-state index in [2.05, 4.69) is 36.1 Å². The van der Waals surface area contributed by atoms with E-state index in [4.69, 9.17) is 12.2 Å². The lowest BCUT2D eigenvalue weighted by atomic mass is 9.82. The molecule has 1 atom stereocenters. The van der Waals surface area contributed by atoms with Gasteiger partial charge in [0.1, 0.15) is 11.4 Å². The number of nitrogens with one attached hydrogen (secondary N) is 1. The van der Waals surface area contributed by atoms with E-state index >= 15 is 0 Å². The highest BCUT2D eigenvalue weighted by Crippen LogP contribution is 2.28. The van der Waals surface area contributed by atoms with Gasteiger partial charge in [-0.05, 0) is 30.5 Å². The van der Waals surface area contributed by atoms with Crippen molar-refractivity contribution in [2.75, 3.05) is 13.1 Å². The number of benzene rings is 1. The van der Waals surface area contributed by atoms with Gasteiger partial charge >= 0.3 is 0 Å². The molecule has 0 bridgehead atoms. The molecule has 1 unspecified atom stereocenters. The number of nitrogens with zero attached hydrogens (tertiary/aromatic N) is 1. The minimum absolute atomic E-state index is 0.448. The summed E-state index contributed by atoms with van der Waals surface area (Å²) in [6.45, 7) is 5.77. The molecule has 3 heteroatoms. The molecule has 0 saturated carbocycles. The molecule has 1 heterocycles. The molecule has 0 amide bonds. The molecule has 2 rings (SSSR count). The number of amidine groups is 1. The van der Waals surface area contributed by atoms with Gasteiger partial charge in [-0.3, -0.25) is 4.99 Å². The van der Waals surface area contributed by atoms with Gasteiger partial charge in [0, 0.05) is 13.0 Å². The first-order valence-corrected chi connectivity index (χ1v) is 6.17. The van der Waals surface area contributed by atoms with Gasteiger partial charge < -0.3 is 11.1 Å². The molecular weight excluding hydrogens is 222 g/mol. The van der Waals surface area contributed by atoms with Crippen LogP contribution in [0.5, 0.6) is 0 Å². The van der Waals surface area contributed by atoms with E-state index in [1.54, 1.807) is 0 Å². The van der Waals surface area contributed by atoms with Gasteiger partial charge in [-0.1, -0.05) is 18.2 Å². The highest BCUT2D eigenvalue weighted by Gasteiger charge is 2.35. The summed E-state index contributed by atoms with van der Waals surface area (Å²) in [7, 11) is 0. The summed E-state index contributed by atoms with van der Waals surface area (Å²) >= 11 is 0. The molecule has 0 fully saturated rings. The topological polar surface area (TPSA) is 50.4 Å². The lowest BCUT2D eigenvalue weighted by molar-refractivity contribution is 0.602. The van der Waals surface area contributed by atoms with Crippen LogP contribution in [-0.2, 0) is 5.54 Å². The second-order valence-corrected chi connectivity index (χ2v) is 4.76. The number of hydrogen-bond acceptors (Lipinski definition) is 3. The third kappa shape index (κ3) is 2.00. The molecule has 1 aromatic carbocycles. The zero-order valence-electron chi connectivity index (χ0n) is 11.0. The maximum atomic E-state index is 6.57. The van der Waals surface area contributed by atoms with Crippen LogP contribution < -0.4 is 11.1 Å². The number of aryl methyl sites for hydroxylation is 1. The fourth-order valence-corrected chi connectivity index (χ4v) is 2.40. The lowest BCUT2D eigenvalue weighted by Gasteiger charge is -2.30. The summed E-state index contributed by atoms with van der Waals surface area (Å²) in [5.74, 6) is 3.50. The van der Waals surface area contributed by atoms with Crippen molar-refractivity contribution in [2.24, 2.45) is 10.7 Å². The average Bonchev–Trinajstić information content (AvgIpc) is 2.87. The van der Waals surface area contributed by atoms with E-state index in [1.165, 1.54) is 11.1 Å². The molecule has 1 aliphatic rings. The summed E-state index contributed by atoms with van der Waals surface area (Å²) in [6, 6.07) is 6.15. The third-order valence-electron chi connectivity index (χ3n) is 3.56. The minimum atomic E-state index is -0.693. The summed E-state index contributed by atoms with van der Waals surface area (Å²) in [6.07, 6.45) is 5.94.